The van der Waals surface area contributed by atoms with Crippen molar-refractivity contribution in [3.63, 3.8) is 0 Å². The first-order chi connectivity index (χ1) is 20.7. The molecule has 3 N–H and O–H groups in total. The number of para-hydroxylation sites is 1. The summed E-state index contributed by atoms with van der Waals surface area (Å²) in [4.78, 5) is 14.7. The predicted molar refractivity (Wildman–Crippen MR) is 165 cm³/mol. The average molecular weight is 625 g/mol. The van der Waals surface area contributed by atoms with Gasteiger partial charge in [0.1, 0.15) is 5.56 Å². The van der Waals surface area contributed by atoms with Crippen LogP contribution in [0.3, 0.4) is 0 Å². The summed E-state index contributed by atoms with van der Waals surface area (Å²) in [6, 6.07) is 19.1. The zero-order valence-corrected chi connectivity index (χ0v) is 26.0. The molecule has 0 aliphatic carbocycles. The highest BCUT2D eigenvalue weighted by molar-refractivity contribution is 7.91. The van der Waals surface area contributed by atoms with Crippen molar-refractivity contribution in [3.05, 3.63) is 88.4 Å². The molecule has 228 valence electrons. The number of benzene rings is 3. The van der Waals surface area contributed by atoms with E-state index in [4.69, 9.17) is 26.8 Å². The first-order valence-electron chi connectivity index (χ1n) is 15.0. The minimum absolute atomic E-state index is 0.0674. The molecule has 0 atom stereocenters. The first kappa shape index (κ1) is 30.2. The number of nitrogens with zero attached hydrogens (tertiary/aromatic N) is 1. The third-order valence-electron chi connectivity index (χ3n) is 9.63. The van der Waals surface area contributed by atoms with Crippen LogP contribution in [0.15, 0.2) is 76.5 Å². The Balaban J connectivity index is 1.37. The molecule has 0 radical (unpaired) electrons. The Morgan fingerprint density at radius 1 is 0.953 bits per heavy atom. The predicted octanol–water partition coefficient (Wildman–Crippen LogP) is 5.08. The van der Waals surface area contributed by atoms with E-state index in [1.807, 2.05) is 31.2 Å². The molecule has 6 rings (SSSR count). The van der Waals surface area contributed by atoms with Crippen molar-refractivity contribution in [3.8, 4) is 0 Å². The lowest BCUT2D eigenvalue weighted by atomic mass is 9.81. The van der Waals surface area contributed by atoms with Gasteiger partial charge in [-0.2, -0.15) is 0 Å². The number of hydrogen-bond donors (Lipinski definition) is 2. The molecule has 3 aliphatic heterocycles. The Labute approximate surface area is 258 Å². The summed E-state index contributed by atoms with van der Waals surface area (Å²) >= 11 is 6.18. The van der Waals surface area contributed by atoms with Gasteiger partial charge in [-0.25, -0.2) is 13.2 Å². The van der Waals surface area contributed by atoms with Crippen LogP contribution in [0, 0.1) is 12.8 Å². The summed E-state index contributed by atoms with van der Waals surface area (Å²) in [6.45, 7) is 5.58. The zero-order chi connectivity index (χ0) is 30.2. The standard InChI is InChI=1S/C33H38ClN3O5S/c1-23-6-4-9-28(31(23)35)32(38)37(26-12-16-36-17-13-26)18-14-24(15-19-37)33(41-20-21-42-33)29-10-2-3-11-30(29)43(39,40)27-8-5-7-25(34)22-27/h2-11,22,24,26,36H,12-21H2,1H3,(H-,35,38)/p+1. The van der Waals surface area contributed by atoms with Crippen molar-refractivity contribution in [2.75, 3.05) is 45.1 Å². The van der Waals surface area contributed by atoms with Gasteiger partial charge in [0.2, 0.25) is 9.84 Å². The molecule has 0 bridgehead atoms. The van der Waals surface area contributed by atoms with Crippen molar-refractivity contribution in [1.29, 1.82) is 0 Å². The molecule has 1 amide bonds. The number of likely N-dealkylation sites (tertiary alicyclic amines) is 1. The minimum Gasteiger partial charge on any atom is -0.398 e. The molecule has 0 unspecified atom stereocenters. The molecule has 43 heavy (non-hydrogen) atoms. The molecular formula is C33H39ClN3O5S+. The third kappa shape index (κ3) is 5.30. The summed E-state index contributed by atoms with van der Waals surface area (Å²) < 4.78 is 41.1. The van der Waals surface area contributed by atoms with E-state index in [1.165, 1.54) is 6.07 Å². The third-order valence-corrected chi connectivity index (χ3v) is 11.7. The Bertz CT molecular complexity index is 1610. The van der Waals surface area contributed by atoms with Crippen LogP contribution in [0.5, 0.6) is 0 Å². The first-order valence-corrected chi connectivity index (χ1v) is 16.9. The fourth-order valence-electron chi connectivity index (χ4n) is 7.34. The van der Waals surface area contributed by atoms with Crippen LogP contribution < -0.4 is 11.1 Å². The lowest BCUT2D eigenvalue weighted by molar-refractivity contribution is -0.882. The topological polar surface area (TPSA) is 108 Å². The summed E-state index contributed by atoms with van der Waals surface area (Å²) in [5, 5.41) is 3.78. The number of nitrogen functional groups attached to an aromatic ring is 1. The molecule has 3 aromatic carbocycles. The number of sulfone groups is 1. The normalized spacial score (nSPS) is 24.6. The van der Waals surface area contributed by atoms with E-state index < -0.39 is 15.6 Å². The number of amides is 1. The number of nitrogens with one attached hydrogen (secondary N) is 1. The van der Waals surface area contributed by atoms with Gasteiger partial charge in [0, 0.05) is 55.3 Å². The van der Waals surface area contributed by atoms with Crippen LogP contribution in [0.4, 0.5) is 5.69 Å². The Morgan fingerprint density at radius 3 is 2.33 bits per heavy atom. The lowest BCUT2D eigenvalue weighted by Gasteiger charge is -2.50. The number of carbonyl (C=O) groups excluding carboxylic acids is 1. The lowest BCUT2D eigenvalue weighted by Crippen LogP contribution is -2.65. The quantitative estimate of drug-likeness (QED) is 0.291. The van der Waals surface area contributed by atoms with Gasteiger partial charge in [0.05, 0.1) is 47.8 Å². The number of aryl methyl sites for hydroxylation is 1. The number of quaternary nitrogens is 1. The van der Waals surface area contributed by atoms with Crippen LogP contribution in [0.2, 0.25) is 5.02 Å². The van der Waals surface area contributed by atoms with E-state index in [9.17, 15) is 13.2 Å². The maximum Gasteiger partial charge on any atom is 0.348 e. The summed E-state index contributed by atoms with van der Waals surface area (Å²) in [5.74, 6) is -1.32. The van der Waals surface area contributed by atoms with Crippen LogP contribution in [-0.2, 0) is 25.1 Å². The molecular weight excluding hydrogens is 586 g/mol. The van der Waals surface area contributed by atoms with Gasteiger partial charge in [-0.1, -0.05) is 48.0 Å². The fraction of sp³-hybridized carbons (Fsp3) is 0.424. The van der Waals surface area contributed by atoms with Crippen molar-refractivity contribution in [2.45, 2.75) is 54.2 Å². The van der Waals surface area contributed by atoms with Gasteiger partial charge in [0.15, 0.2) is 5.79 Å². The largest absolute Gasteiger partial charge is 0.398 e. The highest BCUT2D eigenvalue weighted by Crippen LogP contribution is 2.48. The molecule has 3 aromatic rings. The molecule has 3 aliphatic rings. The van der Waals surface area contributed by atoms with Crippen molar-refractivity contribution in [1.82, 2.24) is 5.32 Å². The smallest absolute Gasteiger partial charge is 0.348 e. The zero-order valence-electron chi connectivity index (χ0n) is 24.4. The molecule has 10 heteroatoms. The molecule has 0 spiro atoms. The Hall–Kier alpha value is -2.79. The number of nitrogens with two attached hydrogens (primary N) is 1. The van der Waals surface area contributed by atoms with Crippen molar-refractivity contribution >= 4 is 33.0 Å². The van der Waals surface area contributed by atoms with E-state index >= 15 is 0 Å². The van der Waals surface area contributed by atoms with Crippen molar-refractivity contribution in [2.24, 2.45) is 5.92 Å². The summed E-state index contributed by atoms with van der Waals surface area (Å²) in [6.07, 6.45) is 3.07. The van der Waals surface area contributed by atoms with E-state index in [2.05, 4.69) is 5.32 Å². The second kappa shape index (κ2) is 12.0. The number of carbonyl (C=O) groups is 1. The highest BCUT2D eigenvalue weighted by Gasteiger charge is 2.55. The van der Waals surface area contributed by atoms with Gasteiger partial charge >= 0.3 is 5.91 Å². The summed E-state index contributed by atoms with van der Waals surface area (Å²) in [7, 11) is -3.93. The van der Waals surface area contributed by atoms with E-state index in [1.54, 1.807) is 36.4 Å². The van der Waals surface area contributed by atoms with Crippen LogP contribution in [-0.4, -0.2) is 64.2 Å². The molecule has 0 aromatic heterocycles. The Kier molecular flexibility index (Phi) is 8.41. The summed E-state index contributed by atoms with van der Waals surface area (Å²) in [5.41, 5.74) is 8.98. The second-order valence-electron chi connectivity index (χ2n) is 11.9. The molecule has 0 saturated carbocycles. The SMILES string of the molecule is Cc1cccc(C(=O)[N+]2(C3CCNCC3)CCC(C3(c4ccccc4S(=O)(=O)c4cccc(Cl)c4)OCCO3)CC2)c1N. The van der Waals surface area contributed by atoms with Gasteiger partial charge in [-0.05, 0) is 42.8 Å². The number of halogens is 1. The molecule has 3 heterocycles. The van der Waals surface area contributed by atoms with E-state index in [0.29, 0.717) is 65.5 Å². The van der Waals surface area contributed by atoms with Crippen LogP contribution >= 0.6 is 11.6 Å². The van der Waals surface area contributed by atoms with Gasteiger partial charge in [0.25, 0.3) is 0 Å². The van der Waals surface area contributed by atoms with Gasteiger partial charge in [-0.3, -0.25) is 4.48 Å². The maximum absolute atomic E-state index is 14.5. The maximum atomic E-state index is 14.5. The van der Waals surface area contributed by atoms with E-state index in [-0.39, 0.29) is 27.7 Å². The van der Waals surface area contributed by atoms with Crippen LogP contribution in [0.1, 0.15) is 47.2 Å². The minimum atomic E-state index is -3.93. The number of anilines is 1. The van der Waals surface area contributed by atoms with Gasteiger partial charge < -0.3 is 20.5 Å². The number of piperidine rings is 2. The number of rotatable bonds is 6. The van der Waals surface area contributed by atoms with E-state index in [0.717, 1.165) is 31.5 Å². The highest BCUT2D eigenvalue weighted by atomic mass is 35.5. The second-order valence-corrected chi connectivity index (χ2v) is 14.3. The van der Waals surface area contributed by atoms with Crippen molar-refractivity contribution < 1.29 is 27.2 Å². The molecule has 3 saturated heterocycles. The number of hydrogen-bond acceptors (Lipinski definition) is 7. The molecule has 8 nitrogen and oxygen atoms in total. The van der Waals surface area contributed by atoms with Gasteiger partial charge in [-0.15, -0.1) is 0 Å². The monoisotopic (exact) mass is 624 g/mol. The number of ether oxygens (including phenoxy) is 2. The van der Waals surface area contributed by atoms with Crippen LogP contribution in [0.25, 0.3) is 0 Å². The fourth-order valence-corrected chi connectivity index (χ4v) is 9.15. The molecule has 3 fully saturated rings. The Morgan fingerprint density at radius 2 is 1.63 bits per heavy atom. The average Bonchev–Trinajstić information content (AvgIpc) is 3.54.